The largest absolute Gasteiger partial charge is 0.490 e. The summed E-state index contributed by atoms with van der Waals surface area (Å²) < 4.78 is 32.1. The van der Waals surface area contributed by atoms with E-state index in [1.165, 1.54) is 0 Å². The van der Waals surface area contributed by atoms with Crippen LogP contribution in [0.25, 0.3) is 0 Å². The molecule has 0 saturated carbocycles. The highest BCUT2D eigenvalue weighted by Crippen LogP contribution is 2.30. The first-order valence-electron chi connectivity index (χ1n) is 11.4. The number of rotatable bonds is 9. The van der Waals surface area contributed by atoms with Gasteiger partial charge in [0, 0.05) is 39.3 Å². The predicted octanol–water partition coefficient (Wildman–Crippen LogP) is 1.01. The summed E-state index contributed by atoms with van der Waals surface area (Å²) in [5, 5.41) is 14.5. The molecule has 2 heterocycles. The van der Waals surface area contributed by atoms with Crippen LogP contribution in [-0.2, 0) is 10.0 Å². The van der Waals surface area contributed by atoms with Crippen LogP contribution in [-0.4, -0.2) is 81.3 Å². The first-order chi connectivity index (χ1) is 15.7. The summed E-state index contributed by atoms with van der Waals surface area (Å²) in [6, 6.07) is 6.27. The number of nitrogens with zero attached hydrogens (tertiary/aromatic N) is 3. The Morgan fingerprint density at radius 1 is 1.27 bits per heavy atom. The lowest BCUT2D eigenvalue weighted by atomic mass is 9.85. The molecule has 2 aliphatic rings. The number of nitrogens with two attached hydrogens (primary N) is 1. The molecule has 10 nitrogen and oxygen atoms in total. The molecule has 182 valence electrons. The highest BCUT2D eigenvalue weighted by Gasteiger charge is 2.38. The molecule has 2 amide bonds. The molecule has 33 heavy (non-hydrogen) atoms. The number of amides is 2. The van der Waals surface area contributed by atoms with E-state index in [0.29, 0.717) is 55.0 Å². The lowest BCUT2D eigenvalue weighted by molar-refractivity contribution is 0.0578. The number of likely N-dealkylation sites (tertiary alicyclic amines) is 1. The molecule has 0 radical (unpaired) electrons. The van der Waals surface area contributed by atoms with Crippen LogP contribution >= 0.6 is 0 Å². The molecule has 1 aromatic carbocycles. The third-order valence-corrected chi connectivity index (χ3v) is 7.84. The van der Waals surface area contributed by atoms with Gasteiger partial charge in [0.15, 0.2) is 0 Å². The van der Waals surface area contributed by atoms with Crippen molar-refractivity contribution >= 4 is 21.7 Å². The standard InChI is InChI=1S/C22H34N6O4S/c1-3-25-22(29)26-20-8-16(9-23)5-6-21(20)32-15-19(24)14-27-10-17-7-18(11-27)13-28(12-17)33(30,31)4-2/h5-6,8,17-19H,3-4,7,10-15,24H2,1-2H3,(H2,25,26,29). The van der Waals surface area contributed by atoms with Gasteiger partial charge in [0.05, 0.1) is 29.1 Å². The zero-order chi connectivity index (χ0) is 24.0. The van der Waals surface area contributed by atoms with E-state index in [-0.39, 0.29) is 24.4 Å². The molecule has 2 fully saturated rings. The van der Waals surface area contributed by atoms with Crippen molar-refractivity contribution in [2.75, 3.05) is 56.9 Å². The van der Waals surface area contributed by atoms with E-state index in [0.717, 1.165) is 19.5 Å². The van der Waals surface area contributed by atoms with Gasteiger partial charge in [-0.1, -0.05) is 0 Å². The molecular weight excluding hydrogens is 444 g/mol. The number of sulfonamides is 1. The number of urea groups is 1. The summed E-state index contributed by atoms with van der Waals surface area (Å²) in [4.78, 5) is 14.2. The van der Waals surface area contributed by atoms with E-state index >= 15 is 0 Å². The van der Waals surface area contributed by atoms with E-state index in [9.17, 15) is 13.2 Å². The maximum atomic E-state index is 12.3. The Bertz CT molecular complexity index is 966. The van der Waals surface area contributed by atoms with Gasteiger partial charge in [0.25, 0.3) is 0 Å². The summed E-state index contributed by atoms with van der Waals surface area (Å²) in [6.45, 7) is 7.67. The highest BCUT2D eigenvalue weighted by molar-refractivity contribution is 7.89. The van der Waals surface area contributed by atoms with Crippen molar-refractivity contribution in [2.24, 2.45) is 17.6 Å². The van der Waals surface area contributed by atoms with Crippen molar-refractivity contribution in [3.63, 3.8) is 0 Å². The Morgan fingerprint density at radius 3 is 2.58 bits per heavy atom. The molecule has 3 unspecified atom stereocenters. The summed E-state index contributed by atoms with van der Waals surface area (Å²) >= 11 is 0. The SMILES string of the molecule is CCNC(=O)Nc1cc(C#N)ccc1OCC(N)CN1CC2CC(C1)CN(S(=O)(=O)CC)C2. The van der Waals surface area contributed by atoms with E-state index in [4.69, 9.17) is 15.7 Å². The van der Waals surface area contributed by atoms with Crippen molar-refractivity contribution in [1.82, 2.24) is 14.5 Å². The molecule has 1 aromatic rings. The van der Waals surface area contributed by atoms with Gasteiger partial charge in [-0.2, -0.15) is 5.26 Å². The lowest BCUT2D eigenvalue weighted by Crippen LogP contribution is -2.56. The number of ether oxygens (including phenoxy) is 1. The van der Waals surface area contributed by atoms with Crippen LogP contribution in [0.15, 0.2) is 18.2 Å². The molecule has 0 aliphatic carbocycles. The minimum Gasteiger partial charge on any atom is -0.490 e. The number of piperidine rings is 2. The van der Waals surface area contributed by atoms with E-state index < -0.39 is 10.0 Å². The fourth-order valence-corrected chi connectivity index (χ4v) is 5.87. The molecule has 4 N–H and O–H groups in total. The molecule has 2 saturated heterocycles. The molecular formula is C22H34N6O4S. The highest BCUT2D eigenvalue weighted by atomic mass is 32.2. The lowest BCUT2D eigenvalue weighted by Gasteiger charge is -2.45. The minimum atomic E-state index is -3.15. The molecule has 2 aliphatic heterocycles. The van der Waals surface area contributed by atoms with Crippen LogP contribution in [0.4, 0.5) is 10.5 Å². The molecule has 0 spiro atoms. The van der Waals surface area contributed by atoms with Crippen LogP contribution in [0.5, 0.6) is 5.75 Å². The van der Waals surface area contributed by atoms with Gasteiger partial charge < -0.3 is 26.0 Å². The Kier molecular flexibility index (Phi) is 8.53. The van der Waals surface area contributed by atoms with Crippen LogP contribution in [0.1, 0.15) is 25.8 Å². The van der Waals surface area contributed by atoms with Crippen molar-refractivity contribution in [2.45, 2.75) is 26.3 Å². The van der Waals surface area contributed by atoms with Gasteiger partial charge >= 0.3 is 6.03 Å². The summed E-state index contributed by atoms with van der Waals surface area (Å²) in [5.74, 6) is 1.23. The predicted molar refractivity (Wildman–Crippen MR) is 126 cm³/mol. The smallest absolute Gasteiger partial charge is 0.319 e. The maximum absolute atomic E-state index is 12.3. The van der Waals surface area contributed by atoms with Gasteiger partial charge in [-0.3, -0.25) is 0 Å². The molecule has 3 atom stereocenters. The van der Waals surface area contributed by atoms with Crippen LogP contribution in [0.3, 0.4) is 0 Å². The summed E-state index contributed by atoms with van der Waals surface area (Å²) in [7, 11) is -3.15. The molecule has 0 aromatic heterocycles. The van der Waals surface area contributed by atoms with Crippen molar-refractivity contribution < 1.29 is 17.9 Å². The quantitative estimate of drug-likeness (QED) is 0.481. The Balaban J connectivity index is 1.55. The fourth-order valence-electron chi connectivity index (χ4n) is 4.63. The number of fused-ring (bicyclic) bond motifs is 2. The number of nitrogens with one attached hydrogen (secondary N) is 2. The van der Waals surface area contributed by atoms with E-state index in [1.807, 2.05) is 6.92 Å². The Labute approximate surface area is 196 Å². The normalized spacial score (nSPS) is 22.2. The third kappa shape index (κ3) is 6.80. The van der Waals surface area contributed by atoms with Crippen LogP contribution in [0, 0.1) is 23.2 Å². The number of benzene rings is 1. The van der Waals surface area contributed by atoms with Crippen molar-refractivity contribution in [1.29, 1.82) is 5.26 Å². The first-order valence-corrected chi connectivity index (χ1v) is 13.0. The number of hydrogen-bond donors (Lipinski definition) is 3. The molecule has 11 heteroatoms. The average molecular weight is 479 g/mol. The van der Waals surface area contributed by atoms with E-state index in [1.54, 1.807) is 29.4 Å². The van der Waals surface area contributed by atoms with Gasteiger partial charge in [-0.05, 0) is 50.3 Å². The van der Waals surface area contributed by atoms with Crippen molar-refractivity contribution in [3.8, 4) is 11.8 Å². The molecule has 3 rings (SSSR count). The van der Waals surface area contributed by atoms with Gasteiger partial charge in [-0.15, -0.1) is 0 Å². The van der Waals surface area contributed by atoms with E-state index in [2.05, 4.69) is 21.6 Å². The monoisotopic (exact) mass is 478 g/mol. The number of hydrogen-bond acceptors (Lipinski definition) is 7. The maximum Gasteiger partial charge on any atom is 0.319 e. The summed E-state index contributed by atoms with van der Waals surface area (Å²) in [5.41, 5.74) is 7.18. The van der Waals surface area contributed by atoms with Gasteiger partial charge in [0.2, 0.25) is 10.0 Å². The number of anilines is 1. The fraction of sp³-hybridized carbons (Fsp3) is 0.636. The zero-order valence-electron chi connectivity index (χ0n) is 19.3. The second-order valence-corrected chi connectivity index (χ2v) is 11.0. The number of carbonyl (C=O) groups is 1. The van der Waals surface area contributed by atoms with Crippen LogP contribution in [0.2, 0.25) is 0 Å². The van der Waals surface area contributed by atoms with Crippen molar-refractivity contribution in [3.05, 3.63) is 23.8 Å². The topological polar surface area (TPSA) is 141 Å². The van der Waals surface area contributed by atoms with Gasteiger partial charge in [-0.25, -0.2) is 17.5 Å². The molecule has 2 bridgehead atoms. The average Bonchev–Trinajstić information content (AvgIpc) is 2.77. The Morgan fingerprint density at radius 2 is 1.97 bits per heavy atom. The van der Waals surface area contributed by atoms with Gasteiger partial charge in [0.1, 0.15) is 12.4 Å². The number of carbonyl (C=O) groups excluding carboxylic acids is 1. The zero-order valence-corrected chi connectivity index (χ0v) is 20.1. The minimum absolute atomic E-state index is 0.144. The first kappa shape index (κ1) is 25.2. The number of nitriles is 1. The van der Waals surface area contributed by atoms with Crippen LogP contribution < -0.4 is 21.1 Å². The summed E-state index contributed by atoms with van der Waals surface area (Å²) in [6.07, 6.45) is 1.05. The second-order valence-electron chi connectivity index (χ2n) is 8.78. The second kappa shape index (κ2) is 11.2. The Hall–Kier alpha value is -2.39. The third-order valence-electron chi connectivity index (χ3n) is 6.02.